The first-order valence-corrected chi connectivity index (χ1v) is 21.3. The summed E-state index contributed by atoms with van der Waals surface area (Å²) in [6, 6.07) is 64.9. The Labute approximate surface area is 364 Å². The van der Waals surface area contributed by atoms with Gasteiger partial charge in [0.25, 0.3) is 0 Å². The lowest BCUT2D eigenvalue weighted by Crippen LogP contribution is -1.98. The van der Waals surface area contributed by atoms with E-state index in [1.165, 1.54) is 44.5 Å². The van der Waals surface area contributed by atoms with Crippen molar-refractivity contribution < 1.29 is 0 Å². The predicted molar refractivity (Wildman–Crippen MR) is 254 cm³/mol. The quantitative estimate of drug-likeness (QED) is 0.123. The van der Waals surface area contributed by atoms with Gasteiger partial charge in [0.05, 0.1) is 28.7 Å². The number of hydrogen-bond acceptors (Lipinski definition) is 4. The Morgan fingerprint density at radius 2 is 0.855 bits per heavy atom. The van der Waals surface area contributed by atoms with E-state index < -0.39 is 0 Å². The Hall–Kier alpha value is -7.74. The van der Waals surface area contributed by atoms with Crippen molar-refractivity contribution in [2.24, 2.45) is 0 Å². The topological polar surface area (TPSA) is 62.5 Å². The highest BCUT2D eigenvalue weighted by molar-refractivity contribution is 5.93. The molecule has 0 saturated carbocycles. The third-order valence-electron chi connectivity index (χ3n) is 11.6. The van der Waals surface area contributed by atoms with E-state index in [0.29, 0.717) is 5.56 Å². The molecule has 3 heterocycles. The number of hydrogen-bond donors (Lipinski definition) is 0. The van der Waals surface area contributed by atoms with Crippen LogP contribution in [0.2, 0.25) is 0 Å². The Bertz CT molecular complexity index is 2900. The molecule has 9 rings (SSSR count). The Kier molecular flexibility index (Phi) is 11.7. The molecular formula is C58H46N4. The number of nitrogens with zero attached hydrogens (tertiary/aromatic N) is 4. The van der Waals surface area contributed by atoms with Crippen molar-refractivity contribution >= 4 is 0 Å². The molecule has 0 saturated heterocycles. The highest BCUT2D eigenvalue weighted by atomic mass is 14.7. The molecule has 9 aromatic rings. The number of nitriles is 1. The summed E-state index contributed by atoms with van der Waals surface area (Å²) in [4.78, 5) is 13.9. The maximum atomic E-state index is 9.60. The van der Waals surface area contributed by atoms with Crippen LogP contribution in [0.1, 0.15) is 38.9 Å². The zero-order valence-corrected chi connectivity index (χ0v) is 35.1. The Morgan fingerprint density at radius 3 is 1.40 bits per heavy atom. The standard InChI is InChI=1S/C58H46N4/c1-40-28-31-61-57(33-40)48-22-14-42(15-23-48)10-12-45-35-46(13-11-43-16-24-49(25-17-43)58-34-41(2)29-32-62-58)37-51(36-45)52-7-3-4-8-53(52)54-27-26-50(56-9-5-6-30-60-56)38-55(54)47-20-18-44(39-59)19-21-47/h3-9,14-38H,10-13H2,1-2H3. The first-order chi connectivity index (χ1) is 30.5. The van der Waals surface area contributed by atoms with Crippen LogP contribution in [0, 0.1) is 25.2 Å². The van der Waals surface area contributed by atoms with Crippen molar-refractivity contribution in [1.82, 2.24) is 15.0 Å². The molecule has 62 heavy (non-hydrogen) atoms. The number of aromatic nitrogens is 3. The highest BCUT2D eigenvalue weighted by Gasteiger charge is 2.16. The summed E-state index contributed by atoms with van der Waals surface area (Å²) >= 11 is 0. The first kappa shape index (κ1) is 39.7. The van der Waals surface area contributed by atoms with E-state index in [1.807, 2.05) is 61.1 Å². The van der Waals surface area contributed by atoms with Crippen LogP contribution < -0.4 is 0 Å². The molecule has 0 bridgehead atoms. The largest absolute Gasteiger partial charge is 0.256 e. The second-order valence-corrected chi connectivity index (χ2v) is 16.1. The lowest BCUT2D eigenvalue weighted by Gasteiger charge is -2.18. The molecule has 3 aromatic heterocycles. The van der Waals surface area contributed by atoms with Crippen molar-refractivity contribution in [2.75, 3.05) is 0 Å². The van der Waals surface area contributed by atoms with Gasteiger partial charge in [0.1, 0.15) is 0 Å². The molecule has 0 N–H and O–H groups in total. The van der Waals surface area contributed by atoms with Gasteiger partial charge in [-0.1, -0.05) is 121 Å². The molecule has 6 aromatic carbocycles. The van der Waals surface area contributed by atoms with E-state index in [2.05, 4.69) is 168 Å². The van der Waals surface area contributed by atoms with Gasteiger partial charge < -0.3 is 0 Å². The van der Waals surface area contributed by atoms with E-state index in [0.717, 1.165) is 81.7 Å². The summed E-state index contributed by atoms with van der Waals surface area (Å²) in [6.45, 7) is 4.21. The molecular weight excluding hydrogens is 753 g/mol. The van der Waals surface area contributed by atoms with Crippen LogP contribution in [-0.2, 0) is 25.7 Å². The van der Waals surface area contributed by atoms with E-state index >= 15 is 0 Å². The molecule has 0 fully saturated rings. The fraction of sp³-hybridized carbons (Fsp3) is 0.103. The molecule has 0 radical (unpaired) electrons. The maximum absolute atomic E-state index is 9.60. The lowest BCUT2D eigenvalue weighted by molar-refractivity contribution is 0.931. The van der Waals surface area contributed by atoms with Crippen molar-refractivity contribution in [3.05, 3.63) is 233 Å². The third-order valence-corrected chi connectivity index (χ3v) is 11.6. The summed E-state index contributed by atoms with van der Waals surface area (Å²) in [5.74, 6) is 0. The van der Waals surface area contributed by atoms with E-state index in [1.54, 1.807) is 0 Å². The van der Waals surface area contributed by atoms with Crippen LogP contribution in [0.4, 0.5) is 0 Å². The molecule has 0 aliphatic heterocycles. The van der Waals surface area contributed by atoms with E-state index in [-0.39, 0.29) is 0 Å². The molecule has 0 aliphatic rings. The number of aryl methyl sites for hydroxylation is 6. The van der Waals surface area contributed by atoms with Gasteiger partial charge >= 0.3 is 0 Å². The number of pyridine rings is 3. The summed E-state index contributed by atoms with van der Waals surface area (Å²) in [5.41, 5.74) is 21.3. The number of benzene rings is 6. The van der Waals surface area contributed by atoms with Crippen molar-refractivity contribution in [1.29, 1.82) is 5.26 Å². The molecule has 298 valence electrons. The average molecular weight is 799 g/mol. The SMILES string of the molecule is Cc1ccnc(-c2ccc(CCc3cc(CCc4ccc(-c5cc(C)ccn5)cc4)cc(-c4ccccc4-c4ccc(-c5ccccn5)cc4-c4ccc(C#N)cc4)c3)cc2)c1. The van der Waals surface area contributed by atoms with Crippen molar-refractivity contribution in [3.8, 4) is 73.2 Å². The van der Waals surface area contributed by atoms with Crippen molar-refractivity contribution in [3.63, 3.8) is 0 Å². The van der Waals surface area contributed by atoms with Crippen molar-refractivity contribution in [2.45, 2.75) is 39.5 Å². The van der Waals surface area contributed by atoms with Crippen LogP contribution in [0.5, 0.6) is 0 Å². The van der Waals surface area contributed by atoms with Crippen LogP contribution in [0.15, 0.2) is 195 Å². The Balaban J connectivity index is 1.07. The van der Waals surface area contributed by atoms with Crippen LogP contribution in [0.25, 0.3) is 67.2 Å². The normalized spacial score (nSPS) is 11.0. The fourth-order valence-electron chi connectivity index (χ4n) is 8.26. The second kappa shape index (κ2) is 18.3. The van der Waals surface area contributed by atoms with Gasteiger partial charge in [0.2, 0.25) is 0 Å². The minimum absolute atomic E-state index is 0.638. The highest BCUT2D eigenvalue weighted by Crippen LogP contribution is 2.41. The molecule has 0 spiro atoms. The molecule has 4 heteroatoms. The summed E-state index contributed by atoms with van der Waals surface area (Å²) < 4.78 is 0. The molecule has 0 unspecified atom stereocenters. The molecule has 4 nitrogen and oxygen atoms in total. The first-order valence-electron chi connectivity index (χ1n) is 21.3. The summed E-state index contributed by atoms with van der Waals surface area (Å²) in [6.07, 6.45) is 9.28. The molecule has 0 amide bonds. The zero-order valence-electron chi connectivity index (χ0n) is 35.1. The minimum atomic E-state index is 0.638. The van der Waals surface area contributed by atoms with Gasteiger partial charge in [-0.3, -0.25) is 15.0 Å². The average Bonchev–Trinajstić information content (AvgIpc) is 3.33. The summed E-state index contributed by atoms with van der Waals surface area (Å²) in [7, 11) is 0. The van der Waals surface area contributed by atoms with Crippen LogP contribution >= 0.6 is 0 Å². The maximum Gasteiger partial charge on any atom is 0.0991 e. The van der Waals surface area contributed by atoms with Gasteiger partial charge in [0, 0.05) is 35.3 Å². The van der Waals surface area contributed by atoms with Gasteiger partial charge in [-0.05, 0) is 161 Å². The number of rotatable bonds is 12. The van der Waals surface area contributed by atoms with Gasteiger partial charge in [-0.25, -0.2) is 0 Å². The third kappa shape index (κ3) is 9.19. The predicted octanol–water partition coefficient (Wildman–Crippen LogP) is 13.9. The van der Waals surface area contributed by atoms with Gasteiger partial charge in [-0.15, -0.1) is 0 Å². The second-order valence-electron chi connectivity index (χ2n) is 16.1. The van der Waals surface area contributed by atoms with Gasteiger partial charge in [0.15, 0.2) is 0 Å². The van der Waals surface area contributed by atoms with E-state index in [4.69, 9.17) is 0 Å². The monoisotopic (exact) mass is 798 g/mol. The minimum Gasteiger partial charge on any atom is -0.256 e. The Morgan fingerprint density at radius 1 is 0.355 bits per heavy atom. The van der Waals surface area contributed by atoms with Gasteiger partial charge in [-0.2, -0.15) is 5.26 Å². The van der Waals surface area contributed by atoms with Crippen LogP contribution in [0.3, 0.4) is 0 Å². The summed E-state index contributed by atoms with van der Waals surface area (Å²) in [5, 5.41) is 9.60. The fourth-order valence-corrected chi connectivity index (χ4v) is 8.26. The molecule has 0 aliphatic carbocycles. The zero-order chi connectivity index (χ0) is 42.3. The van der Waals surface area contributed by atoms with Crippen LogP contribution in [-0.4, -0.2) is 15.0 Å². The smallest absolute Gasteiger partial charge is 0.0991 e. The molecule has 0 atom stereocenters. The van der Waals surface area contributed by atoms with E-state index in [9.17, 15) is 5.26 Å². The lowest BCUT2D eigenvalue weighted by atomic mass is 9.86.